The molecule has 1 saturated heterocycles. The molecule has 1 aliphatic heterocycles. The molecule has 0 amide bonds. The van der Waals surface area contributed by atoms with Crippen molar-refractivity contribution >= 4 is 5.96 Å². The summed E-state index contributed by atoms with van der Waals surface area (Å²) in [5.41, 5.74) is 0. The molecule has 0 aliphatic carbocycles. The van der Waals surface area contributed by atoms with E-state index in [9.17, 15) is 4.39 Å². The molecule has 2 unspecified atom stereocenters. The van der Waals surface area contributed by atoms with E-state index < -0.39 is 0 Å². The van der Waals surface area contributed by atoms with Crippen molar-refractivity contribution in [1.82, 2.24) is 30.3 Å². The number of likely N-dealkylation sites (tertiary alicyclic amines) is 1. The molecule has 8 nitrogen and oxygen atoms in total. The Morgan fingerprint density at radius 3 is 2.90 bits per heavy atom. The molecule has 0 spiro atoms. The van der Waals surface area contributed by atoms with E-state index in [1.165, 1.54) is 25.0 Å². The predicted octanol–water partition coefficient (Wildman–Crippen LogP) is 2.25. The number of aliphatic imine (C=N–C) groups is 1. The van der Waals surface area contributed by atoms with E-state index in [0.29, 0.717) is 30.8 Å². The first-order valence-corrected chi connectivity index (χ1v) is 11.0. The average molecular weight is 432 g/mol. The third-order valence-electron chi connectivity index (χ3n) is 5.66. The summed E-state index contributed by atoms with van der Waals surface area (Å²) in [5.74, 6) is 2.57. The number of guanidine groups is 1. The Balaban J connectivity index is 1.60. The maximum Gasteiger partial charge on any atom is 0.191 e. The smallest absolute Gasteiger partial charge is 0.191 e. The van der Waals surface area contributed by atoms with Gasteiger partial charge in [0, 0.05) is 25.7 Å². The van der Waals surface area contributed by atoms with Crippen molar-refractivity contribution in [3.63, 3.8) is 0 Å². The molecule has 0 radical (unpaired) electrons. The van der Waals surface area contributed by atoms with Crippen molar-refractivity contribution in [2.45, 2.75) is 52.3 Å². The standard InChI is InChI=1S/C22H34FN7O/c1-5-30-11-7-9-19(30)14-25-22(26-15-21-28-27-17(3)29(21)4)24-13-16(2)31-20-10-6-8-18(23)12-20/h6,8,10,12,16,19H,5,7,9,11,13-15H2,1-4H3,(H2,24,25,26). The van der Waals surface area contributed by atoms with Crippen LogP contribution in [0.1, 0.15) is 38.3 Å². The lowest BCUT2D eigenvalue weighted by Gasteiger charge is -2.24. The van der Waals surface area contributed by atoms with Gasteiger partial charge in [0.15, 0.2) is 11.8 Å². The summed E-state index contributed by atoms with van der Waals surface area (Å²) in [5, 5.41) is 15.1. The Bertz CT molecular complexity index is 869. The van der Waals surface area contributed by atoms with Gasteiger partial charge in [-0.05, 0) is 51.9 Å². The van der Waals surface area contributed by atoms with Gasteiger partial charge in [-0.15, -0.1) is 10.2 Å². The van der Waals surface area contributed by atoms with Gasteiger partial charge in [-0.1, -0.05) is 13.0 Å². The van der Waals surface area contributed by atoms with Gasteiger partial charge >= 0.3 is 0 Å². The fourth-order valence-corrected chi connectivity index (χ4v) is 3.72. The number of hydrogen-bond acceptors (Lipinski definition) is 5. The van der Waals surface area contributed by atoms with Gasteiger partial charge in [0.25, 0.3) is 0 Å². The minimum Gasteiger partial charge on any atom is -0.489 e. The number of ether oxygens (including phenoxy) is 1. The second-order valence-corrected chi connectivity index (χ2v) is 7.96. The van der Waals surface area contributed by atoms with Crippen LogP contribution in [0.2, 0.25) is 0 Å². The zero-order valence-corrected chi connectivity index (χ0v) is 18.9. The monoisotopic (exact) mass is 431 g/mol. The summed E-state index contributed by atoms with van der Waals surface area (Å²) in [6.45, 7) is 10.1. The highest BCUT2D eigenvalue weighted by atomic mass is 19.1. The molecule has 2 N–H and O–H groups in total. The van der Waals surface area contributed by atoms with Crippen molar-refractivity contribution < 1.29 is 9.13 Å². The third kappa shape index (κ3) is 6.65. The van der Waals surface area contributed by atoms with Crippen molar-refractivity contribution in [2.75, 3.05) is 26.2 Å². The number of aryl methyl sites for hydroxylation is 1. The van der Waals surface area contributed by atoms with Crippen LogP contribution in [-0.4, -0.2) is 63.9 Å². The van der Waals surface area contributed by atoms with Crippen molar-refractivity contribution in [2.24, 2.45) is 12.0 Å². The molecule has 3 rings (SSSR count). The van der Waals surface area contributed by atoms with E-state index in [4.69, 9.17) is 9.73 Å². The SMILES string of the molecule is CCN1CCCC1CNC(=NCc1nnc(C)n1C)NCC(C)Oc1cccc(F)c1. The average Bonchev–Trinajstić information content (AvgIpc) is 3.34. The largest absolute Gasteiger partial charge is 0.489 e. The summed E-state index contributed by atoms with van der Waals surface area (Å²) in [6, 6.07) is 6.70. The molecule has 2 aromatic rings. The number of hydrogen-bond donors (Lipinski definition) is 2. The molecule has 2 heterocycles. The van der Waals surface area contributed by atoms with E-state index in [1.54, 1.807) is 12.1 Å². The predicted molar refractivity (Wildman–Crippen MR) is 120 cm³/mol. The number of likely N-dealkylation sites (N-methyl/N-ethyl adjacent to an activating group) is 1. The molecule has 31 heavy (non-hydrogen) atoms. The van der Waals surface area contributed by atoms with Gasteiger partial charge < -0.3 is 19.9 Å². The van der Waals surface area contributed by atoms with Crippen LogP contribution in [0.5, 0.6) is 5.75 Å². The molecule has 9 heteroatoms. The fourth-order valence-electron chi connectivity index (χ4n) is 3.72. The van der Waals surface area contributed by atoms with Gasteiger partial charge in [-0.2, -0.15) is 0 Å². The summed E-state index contributed by atoms with van der Waals surface area (Å²) in [7, 11) is 1.94. The Labute approximate surface area is 183 Å². The summed E-state index contributed by atoms with van der Waals surface area (Å²) in [6.07, 6.45) is 2.26. The van der Waals surface area contributed by atoms with Crippen LogP contribution in [0.15, 0.2) is 29.3 Å². The van der Waals surface area contributed by atoms with Crippen LogP contribution in [0.25, 0.3) is 0 Å². The topological polar surface area (TPSA) is 79.6 Å². The minimum absolute atomic E-state index is 0.163. The lowest BCUT2D eigenvalue weighted by atomic mass is 10.2. The summed E-state index contributed by atoms with van der Waals surface area (Å²) >= 11 is 0. The Morgan fingerprint density at radius 1 is 1.35 bits per heavy atom. The molecule has 1 fully saturated rings. The van der Waals surface area contributed by atoms with E-state index in [2.05, 4.69) is 32.7 Å². The summed E-state index contributed by atoms with van der Waals surface area (Å²) < 4.78 is 21.2. The van der Waals surface area contributed by atoms with Crippen LogP contribution in [0.4, 0.5) is 4.39 Å². The number of benzene rings is 1. The minimum atomic E-state index is -0.308. The summed E-state index contributed by atoms with van der Waals surface area (Å²) in [4.78, 5) is 7.20. The highest BCUT2D eigenvalue weighted by molar-refractivity contribution is 5.79. The molecule has 1 aliphatic rings. The van der Waals surface area contributed by atoms with E-state index in [-0.39, 0.29) is 11.9 Å². The van der Waals surface area contributed by atoms with Crippen LogP contribution in [0, 0.1) is 12.7 Å². The first-order chi connectivity index (χ1) is 15.0. The second kappa shape index (κ2) is 11.1. The van der Waals surface area contributed by atoms with Gasteiger partial charge in [-0.25, -0.2) is 9.38 Å². The molecule has 2 atom stereocenters. The lowest BCUT2D eigenvalue weighted by Crippen LogP contribution is -2.46. The first kappa shape index (κ1) is 23.0. The maximum absolute atomic E-state index is 13.4. The number of nitrogens with zero attached hydrogens (tertiary/aromatic N) is 5. The van der Waals surface area contributed by atoms with E-state index >= 15 is 0 Å². The van der Waals surface area contributed by atoms with Crippen molar-refractivity contribution in [3.8, 4) is 5.75 Å². The van der Waals surface area contributed by atoms with E-state index in [0.717, 1.165) is 31.3 Å². The Morgan fingerprint density at radius 2 is 2.19 bits per heavy atom. The zero-order valence-electron chi connectivity index (χ0n) is 18.9. The number of aromatic nitrogens is 3. The highest BCUT2D eigenvalue weighted by Gasteiger charge is 2.23. The number of rotatable bonds is 9. The number of halogens is 1. The van der Waals surface area contributed by atoms with Gasteiger partial charge in [0.1, 0.15) is 30.0 Å². The molecular formula is C22H34FN7O. The maximum atomic E-state index is 13.4. The fraction of sp³-hybridized carbons (Fsp3) is 0.591. The number of nitrogens with one attached hydrogen (secondary N) is 2. The van der Waals surface area contributed by atoms with Crippen LogP contribution >= 0.6 is 0 Å². The van der Waals surface area contributed by atoms with Gasteiger partial charge in [0.2, 0.25) is 0 Å². The lowest BCUT2D eigenvalue weighted by molar-refractivity contribution is 0.222. The highest BCUT2D eigenvalue weighted by Crippen LogP contribution is 2.16. The van der Waals surface area contributed by atoms with Crippen molar-refractivity contribution in [1.29, 1.82) is 0 Å². The molecule has 0 saturated carbocycles. The van der Waals surface area contributed by atoms with Crippen LogP contribution in [0.3, 0.4) is 0 Å². The Hall–Kier alpha value is -2.68. The zero-order chi connectivity index (χ0) is 22.2. The van der Waals surface area contributed by atoms with Gasteiger partial charge in [0.05, 0.1) is 6.54 Å². The third-order valence-corrected chi connectivity index (χ3v) is 5.66. The Kier molecular flexibility index (Phi) is 8.22. The molecule has 1 aromatic heterocycles. The van der Waals surface area contributed by atoms with Crippen molar-refractivity contribution in [3.05, 3.63) is 41.7 Å². The first-order valence-electron chi connectivity index (χ1n) is 11.0. The molecule has 170 valence electrons. The van der Waals surface area contributed by atoms with Gasteiger partial charge in [-0.3, -0.25) is 4.90 Å². The van der Waals surface area contributed by atoms with Crippen LogP contribution < -0.4 is 15.4 Å². The van der Waals surface area contributed by atoms with Crippen LogP contribution in [-0.2, 0) is 13.6 Å². The normalized spacial score (nSPS) is 18.2. The quantitative estimate of drug-likeness (QED) is 0.468. The second-order valence-electron chi connectivity index (χ2n) is 7.96. The molecular weight excluding hydrogens is 397 g/mol. The van der Waals surface area contributed by atoms with E-state index in [1.807, 2.05) is 25.5 Å². The molecule has 1 aromatic carbocycles. The molecule has 0 bridgehead atoms.